The van der Waals surface area contributed by atoms with Crippen LogP contribution in [0, 0.1) is 0 Å². The SMILES string of the molecule is CC(C)(CC(=O)O)NC(=O)c1ccc(Cl)c(Cl)c1. The van der Waals surface area contributed by atoms with Crippen molar-refractivity contribution >= 4 is 35.1 Å². The average Bonchev–Trinajstić information content (AvgIpc) is 2.19. The predicted octanol–water partition coefficient (Wildman–Crippen LogP) is 2.98. The van der Waals surface area contributed by atoms with E-state index in [-0.39, 0.29) is 17.4 Å². The van der Waals surface area contributed by atoms with E-state index < -0.39 is 11.5 Å². The van der Waals surface area contributed by atoms with Gasteiger partial charge in [0.1, 0.15) is 0 Å². The molecule has 98 valence electrons. The summed E-state index contributed by atoms with van der Waals surface area (Å²) in [5.41, 5.74) is -0.502. The number of carbonyl (C=O) groups is 2. The number of carboxylic acids is 1. The quantitative estimate of drug-likeness (QED) is 0.895. The lowest BCUT2D eigenvalue weighted by Gasteiger charge is -2.24. The number of benzene rings is 1. The molecular formula is C12H13Cl2NO3. The molecular weight excluding hydrogens is 277 g/mol. The second kappa shape index (κ2) is 5.59. The molecule has 0 saturated heterocycles. The molecule has 0 atom stereocenters. The maximum absolute atomic E-state index is 11.9. The summed E-state index contributed by atoms with van der Waals surface area (Å²) in [5, 5.41) is 12.0. The van der Waals surface area contributed by atoms with Gasteiger partial charge in [0.25, 0.3) is 5.91 Å². The fraction of sp³-hybridized carbons (Fsp3) is 0.333. The Kier molecular flexibility index (Phi) is 4.59. The van der Waals surface area contributed by atoms with Gasteiger partial charge in [-0.25, -0.2) is 0 Å². The molecule has 0 radical (unpaired) electrons. The first kappa shape index (κ1) is 14.8. The number of carbonyl (C=O) groups excluding carboxylic acids is 1. The molecule has 0 aliphatic rings. The van der Waals surface area contributed by atoms with Gasteiger partial charge >= 0.3 is 5.97 Å². The number of amides is 1. The Hall–Kier alpha value is -1.26. The standard InChI is InChI=1S/C12H13Cl2NO3/c1-12(2,6-10(16)17)15-11(18)7-3-4-8(13)9(14)5-7/h3-5H,6H2,1-2H3,(H,15,18)(H,16,17). The van der Waals surface area contributed by atoms with Gasteiger partial charge in [-0.1, -0.05) is 23.2 Å². The summed E-state index contributed by atoms with van der Waals surface area (Å²) in [5.74, 6) is -1.37. The Bertz CT molecular complexity index is 486. The topological polar surface area (TPSA) is 66.4 Å². The van der Waals surface area contributed by atoms with Gasteiger partial charge in [-0.3, -0.25) is 9.59 Å². The minimum Gasteiger partial charge on any atom is -0.481 e. The second-order valence-corrected chi connectivity index (χ2v) is 5.35. The Morgan fingerprint density at radius 2 is 1.89 bits per heavy atom. The van der Waals surface area contributed by atoms with E-state index in [2.05, 4.69) is 5.32 Å². The van der Waals surface area contributed by atoms with Crippen molar-refractivity contribution in [3.05, 3.63) is 33.8 Å². The van der Waals surface area contributed by atoms with E-state index >= 15 is 0 Å². The van der Waals surface area contributed by atoms with Crippen molar-refractivity contribution in [2.24, 2.45) is 0 Å². The van der Waals surface area contributed by atoms with Crippen molar-refractivity contribution in [3.63, 3.8) is 0 Å². The first-order chi connectivity index (χ1) is 8.21. The smallest absolute Gasteiger partial charge is 0.305 e. The van der Waals surface area contributed by atoms with E-state index in [0.717, 1.165) is 0 Å². The molecule has 0 aromatic heterocycles. The van der Waals surface area contributed by atoms with Crippen molar-refractivity contribution in [1.29, 1.82) is 0 Å². The predicted molar refractivity (Wildman–Crippen MR) is 70.3 cm³/mol. The van der Waals surface area contributed by atoms with Gasteiger partial charge < -0.3 is 10.4 Å². The van der Waals surface area contributed by atoms with E-state index in [1.807, 2.05) is 0 Å². The van der Waals surface area contributed by atoms with Crippen LogP contribution in [0.3, 0.4) is 0 Å². The summed E-state index contributed by atoms with van der Waals surface area (Å²) >= 11 is 11.6. The monoisotopic (exact) mass is 289 g/mol. The molecule has 0 aliphatic carbocycles. The van der Waals surface area contributed by atoms with Crippen LogP contribution >= 0.6 is 23.2 Å². The Morgan fingerprint density at radius 1 is 1.28 bits per heavy atom. The van der Waals surface area contributed by atoms with E-state index in [0.29, 0.717) is 10.6 Å². The highest BCUT2D eigenvalue weighted by Gasteiger charge is 2.24. The maximum Gasteiger partial charge on any atom is 0.305 e. The van der Waals surface area contributed by atoms with Crippen LogP contribution < -0.4 is 5.32 Å². The van der Waals surface area contributed by atoms with Crippen LogP contribution in [0.25, 0.3) is 0 Å². The average molecular weight is 290 g/mol. The van der Waals surface area contributed by atoms with Crippen molar-refractivity contribution in [2.75, 3.05) is 0 Å². The van der Waals surface area contributed by atoms with Crippen molar-refractivity contribution in [3.8, 4) is 0 Å². The summed E-state index contributed by atoms with van der Waals surface area (Å²) < 4.78 is 0. The fourth-order valence-corrected chi connectivity index (χ4v) is 1.74. The third kappa shape index (κ3) is 4.20. The zero-order valence-corrected chi connectivity index (χ0v) is 11.5. The van der Waals surface area contributed by atoms with Crippen LogP contribution in [0.15, 0.2) is 18.2 Å². The summed E-state index contributed by atoms with van der Waals surface area (Å²) in [6.45, 7) is 3.27. The lowest BCUT2D eigenvalue weighted by atomic mass is 10.00. The molecule has 0 saturated carbocycles. The van der Waals surface area contributed by atoms with Crippen LogP contribution in [0.2, 0.25) is 10.0 Å². The Labute approximate surface area is 115 Å². The minimum absolute atomic E-state index is 0.167. The number of nitrogens with one attached hydrogen (secondary N) is 1. The Balaban J connectivity index is 2.82. The van der Waals surface area contributed by atoms with Gasteiger partial charge in [0.05, 0.1) is 16.5 Å². The highest BCUT2D eigenvalue weighted by Crippen LogP contribution is 2.23. The number of rotatable bonds is 4. The largest absolute Gasteiger partial charge is 0.481 e. The van der Waals surface area contributed by atoms with Gasteiger partial charge in [0.2, 0.25) is 0 Å². The zero-order chi connectivity index (χ0) is 13.9. The molecule has 0 aliphatic heterocycles. The van der Waals surface area contributed by atoms with E-state index in [4.69, 9.17) is 28.3 Å². The van der Waals surface area contributed by atoms with E-state index in [9.17, 15) is 9.59 Å². The normalized spacial score (nSPS) is 11.1. The summed E-state index contributed by atoms with van der Waals surface area (Å²) in [6, 6.07) is 4.49. The highest BCUT2D eigenvalue weighted by molar-refractivity contribution is 6.42. The molecule has 0 unspecified atom stereocenters. The van der Waals surface area contributed by atoms with Crippen LogP contribution in [-0.4, -0.2) is 22.5 Å². The van der Waals surface area contributed by atoms with Gasteiger partial charge in [-0.05, 0) is 32.0 Å². The number of hydrogen-bond donors (Lipinski definition) is 2. The second-order valence-electron chi connectivity index (χ2n) is 4.54. The molecule has 0 heterocycles. The number of halogens is 2. The zero-order valence-electron chi connectivity index (χ0n) is 9.96. The molecule has 1 aromatic rings. The molecule has 1 amide bonds. The van der Waals surface area contributed by atoms with Crippen molar-refractivity contribution in [2.45, 2.75) is 25.8 Å². The molecule has 18 heavy (non-hydrogen) atoms. The van der Waals surface area contributed by atoms with Crippen LogP contribution in [0.5, 0.6) is 0 Å². The summed E-state index contributed by atoms with van der Waals surface area (Å²) in [7, 11) is 0. The third-order valence-electron chi connectivity index (χ3n) is 2.23. The first-order valence-corrected chi connectivity index (χ1v) is 5.96. The fourth-order valence-electron chi connectivity index (χ4n) is 1.44. The van der Waals surface area contributed by atoms with Gasteiger partial charge in [0.15, 0.2) is 0 Å². The van der Waals surface area contributed by atoms with E-state index in [1.54, 1.807) is 13.8 Å². The van der Waals surface area contributed by atoms with Crippen LogP contribution in [0.1, 0.15) is 30.6 Å². The number of carboxylic acid groups (broad SMARTS) is 1. The van der Waals surface area contributed by atoms with Crippen molar-refractivity contribution < 1.29 is 14.7 Å². The molecule has 4 nitrogen and oxygen atoms in total. The molecule has 2 N–H and O–H groups in total. The van der Waals surface area contributed by atoms with Crippen LogP contribution in [-0.2, 0) is 4.79 Å². The number of aliphatic carboxylic acids is 1. The molecule has 0 fully saturated rings. The first-order valence-electron chi connectivity index (χ1n) is 5.20. The Morgan fingerprint density at radius 3 is 2.39 bits per heavy atom. The molecule has 6 heteroatoms. The van der Waals surface area contributed by atoms with Gasteiger partial charge in [-0.2, -0.15) is 0 Å². The summed E-state index contributed by atoms with van der Waals surface area (Å²) in [6.07, 6.45) is -0.167. The number of hydrogen-bond acceptors (Lipinski definition) is 2. The third-order valence-corrected chi connectivity index (χ3v) is 2.97. The molecule has 1 rings (SSSR count). The lowest BCUT2D eigenvalue weighted by molar-refractivity contribution is -0.138. The highest BCUT2D eigenvalue weighted by atomic mass is 35.5. The lowest BCUT2D eigenvalue weighted by Crippen LogP contribution is -2.44. The van der Waals surface area contributed by atoms with E-state index in [1.165, 1.54) is 18.2 Å². The van der Waals surface area contributed by atoms with Crippen LogP contribution in [0.4, 0.5) is 0 Å². The maximum atomic E-state index is 11.9. The minimum atomic E-state index is -0.977. The van der Waals surface area contributed by atoms with Crippen molar-refractivity contribution in [1.82, 2.24) is 5.32 Å². The molecule has 0 spiro atoms. The molecule has 0 bridgehead atoms. The van der Waals surface area contributed by atoms with Gasteiger partial charge in [-0.15, -0.1) is 0 Å². The molecule has 1 aromatic carbocycles. The van der Waals surface area contributed by atoms with Gasteiger partial charge in [0, 0.05) is 11.1 Å². The summed E-state index contributed by atoms with van der Waals surface area (Å²) in [4.78, 5) is 22.5.